The van der Waals surface area contributed by atoms with Gasteiger partial charge < -0.3 is 11.1 Å². The molecule has 0 fully saturated rings. The first kappa shape index (κ1) is 11.6. The molecule has 0 saturated heterocycles. The Morgan fingerprint density at radius 2 is 2.20 bits per heavy atom. The van der Waals surface area contributed by atoms with E-state index in [1.807, 2.05) is 6.92 Å². The highest BCUT2D eigenvalue weighted by Crippen LogP contribution is 2.07. The Morgan fingerprint density at radius 3 is 2.73 bits per heavy atom. The Bertz CT molecular complexity index is 344. The molecule has 0 saturated carbocycles. The molecule has 1 rings (SSSR count). The first-order valence-corrected chi connectivity index (χ1v) is 4.86. The smallest absolute Gasteiger partial charge is 0.229 e. The molecule has 15 heavy (non-hydrogen) atoms. The second-order valence-electron chi connectivity index (χ2n) is 3.57. The number of anilines is 1. The Balaban J connectivity index is 2.76. The molecule has 0 aliphatic heterocycles. The molecule has 1 atom stereocenters. The zero-order valence-corrected chi connectivity index (χ0v) is 9.24. The van der Waals surface area contributed by atoms with Crippen LogP contribution in [0, 0.1) is 19.8 Å². The predicted molar refractivity (Wildman–Crippen MR) is 58.4 cm³/mol. The zero-order valence-electron chi connectivity index (χ0n) is 9.24. The highest BCUT2D eigenvalue weighted by atomic mass is 16.1. The van der Waals surface area contributed by atoms with Gasteiger partial charge in [0.2, 0.25) is 5.91 Å². The van der Waals surface area contributed by atoms with Crippen LogP contribution in [0.3, 0.4) is 0 Å². The summed E-state index contributed by atoms with van der Waals surface area (Å²) in [6.07, 6.45) is 0. The van der Waals surface area contributed by atoms with E-state index in [4.69, 9.17) is 5.73 Å². The molecule has 5 nitrogen and oxygen atoms in total. The normalized spacial score (nSPS) is 12.3. The van der Waals surface area contributed by atoms with Gasteiger partial charge in [-0.2, -0.15) is 0 Å². The second-order valence-corrected chi connectivity index (χ2v) is 3.57. The van der Waals surface area contributed by atoms with E-state index in [0.717, 1.165) is 5.69 Å². The van der Waals surface area contributed by atoms with Crippen molar-refractivity contribution in [2.45, 2.75) is 20.8 Å². The Hall–Kier alpha value is -1.49. The van der Waals surface area contributed by atoms with E-state index in [9.17, 15) is 4.79 Å². The molecule has 1 unspecified atom stereocenters. The lowest BCUT2D eigenvalue weighted by molar-refractivity contribution is -0.119. The largest absolute Gasteiger partial charge is 0.330 e. The van der Waals surface area contributed by atoms with E-state index < -0.39 is 0 Å². The minimum Gasteiger partial charge on any atom is -0.330 e. The van der Waals surface area contributed by atoms with Crippen molar-refractivity contribution in [3.63, 3.8) is 0 Å². The average molecular weight is 208 g/mol. The fraction of sp³-hybridized carbons (Fsp3) is 0.500. The number of aryl methyl sites for hydroxylation is 2. The minimum atomic E-state index is -0.208. The summed E-state index contributed by atoms with van der Waals surface area (Å²) in [6, 6.07) is 1.73. The number of aromatic nitrogens is 2. The molecule has 3 N–H and O–H groups in total. The molecule has 0 radical (unpaired) electrons. The summed E-state index contributed by atoms with van der Waals surface area (Å²) in [5.74, 6) is 0.853. The monoisotopic (exact) mass is 208 g/mol. The maximum atomic E-state index is 11.5. The Morgan fingerprint density at radius 1 is 1.53 bits per heavy atom. The van der Waals surface area contributed by atoms with Gasteiger partial charge in [0.1, 0.15) is 11.6 Å². The van der Waals surface area contributed by atoms with Gasteiger partial charge >= 0.3 is 0 Å². The number of nitrogens with zero attached hydrogens (tertiary/aromatic N) is 2. The molecule has 1 amide bonds. The van der Waals surface area contributed by atoms with Crippen LogP contribution in [-0.4, -0.2) is 22.4 Å². The van der Waals surface area contributed by atoms with Crippen LogP contribution < -0.4 is 11.1 Å². The summed E-state index contributed by atoms with van der Waals surface area (Å²) >= 11 is 0. The summed E-state index contributed by atoms with van der Waals surface area (Å²) in [7, 11) is 0. The molecule has 0 aliphatic rings. The number of carbonyl (C=O) groups excluding carboxylic acids is 1. The Labute approximate surface area is 89.1 Å². The lowest BCUT2D eigenvalue weighted by atomic mass is 10.2. The molecule has 1 heterocycles. The molecule has 0 aromatic carbocycles. The SMILES string of the molecule is Cc1cc(NC(=O)C(C)CN)nc(C)n1. The average Bonchev–Trinajstić information content (AvgIpc) is 2.14. The Kier molecular flexibility index (Phi) is 3.74. The van der Waals surface area contributed by atoms with Gasteiger partial charge in [-0.05, 0) is 13.8 Å². The minimum absolute atomic E-state index is 0.116. The number of carbonyl (C=O) groups is 1. The van der Waals surface area contributed by atoms with Crippen molar-refractivity contribution in [3.05, 3.63) is 17.6 Å². The van der Waals surface area contributed by atoms with Gasteiger partial charge in [0.25, 0.3) is 0 Å². The van der Waals surface area contributed by atoms with Crippen molar-refractivity contribution in [1.29, 1.82) is 0 Å². The van der Waals surface area contributed by atoms with E-state index in [2.05, 4.69) is 15.3 Å². The highest BCUT2D eigenvalue weighted by Gasteiger charge is 2.11. The van der Waals surface area contributed by atoms with Crippen LogP contribution in [0.1, 0.15) is 18.4 Å². The molecule has 5 heteroatoms. The van der Waals surface area contributed by atoms with Crippen LogP contribution in [0.25, 0.3) is 0 Å². The maximum absolute atomic E-state index is 11.5. The molecule has 1 aromatic rings. The third kappa shape index (κ3) is 3.28. The lowest BCUT2D eigenvalue weighted by Crippen LogP contribution is -2.27. The van der Waals surface area contributed by atoms with Crippen LogP contribution in [0.4, 0.5) is 5.82 Å². The third-order valence-corrected chi connectivity index (χ3v) is 2.02. The van der Waals surface area contributed by atoms with Crippen molar-refractivity contribution >= 4 is 11.7 Å². The van der Waals surface area contributed by atoms with E-state index in [1.54, 1.807) is 19.9 Å². The first-order chi connectivity index (χ1) is 7.02. The molecule has 1 aromatic heterocycles. The summed E-state index contributed by atoms with van der Waals surface area (Å²) < 4.78 is 0. The lowest BCUT2D eigenvalue weighted by Gasteiger charge is -2.09. The number of hydrogen-bond donors (Lipinski definition) is 2. The second kappa shape index (κ2) is 4.84. The van der Waals surface area contributed by atoms with Gasteiger partial charge in [-0.25, -0.2) is 9.97 Å². The maximum Gasteiger partial charge on any atom is 0.229 e. The predicted octanol–water partition coefficient (Wildman–Crippen LogP) is 0.627. The summed E-state index contributed by atoms with van der Waals surface area (Å²) in [5.41, 5.74) is 6.22. The quantitative estimate of drug-likeness (QED) is 0.763. The highest BCUT2D eigenvalue weighted by molar-refractivity contribution is 5.91. The number of amides is 1. The van der Waals surface area contributed by atoms with Crippen LogP contribution in [0.2, 0.25) is 0 Å². The molecule has 0 bridgehead atoms. The van der Waals surface area contributed by atoms with Gasteiger partial charge in [0.15, 0.2) is 0 Å². The van der Waals surface area contributed by atoms with Gasteiger partial charge in [0, 0.05) is 24.2 Å². The van der Waals surface area contributed by atoms with Crippen molar-refractivity contribution in [3.8, 4) is 0 Å². The molecule has 0 aliphatic carbocycles. The number of hydrogen-bond acceptors (Lipinski definition) is 4. The van der Waals surface area contributed by atoms with E-state index >= 15 is 0 Å². The third-order valence-electron chi connectivity index (χ3n) is 2.02. The van der Waals surface area contributed by atoms with Crippen molar-refractivity contribution < 1.29 is 4.79 Å². The first-order valence-electron chi connectivity index (χ1n) is 4.86. The van der Waals surface area contributed by atoms with Crippen molar-refractivity contribution in [1.82, 2.24) is 9.97 Å². The van der Waals surface area contributed by atoms with Crippen LogP contribution in [-0.2, 0) is 4.79 Å². The van der Waals surface area contributed by atoms with E-state index in [1.165, 1.54) is 0 Å². The number of rotatable bonds is 3. The fourth-order valence-electron chi connectivity index (χ4n) is 1.14. The van der Waals surface area contributed by atoms with E-state index in [-0.39, 0.29) is 11.8 Å². The van der Waals surface area contributed by atoms with Crippen LogP contribution in [0.5, 0.6) is 0 Å². The molecule has 82 valence electrons. The topological polar surface area (TPSA) is 80.9 Å². The zero-order chi connectivity index (χ0) is 11.4. The van der Waals surface area contributed by atoms with Gasteiger partial charge in [-0.15, -0.1) is 0 Å². The molecular formula is C10H16N4O. The van der Waals surface area contributed by atoms with Crippen molar-refractivity contribution in [2.24, 2.45) is 11.7 Å². The summed E-state index contributed by atoms with van der Waals surface area (Å²) in [6.45, 7) is 5.75. The van der Waals surface area contributed by atoms with Crippen LogP contribution in [0.15, 0.2) is 6.07 Å². The van der Waals surface area contributed by atoms with Gasteiger partial charge in [-0.1, -0.05) is 6.92 Å². The van der Waals surface area contributed by atoms with Gasteiger partial charge in [-0.3, -0.25) is 4.79 Å². The molecule has 0 spiro atoms. The molecular weight excluding hydrogens is 192 g/mol. The number of nitrogens with one attached hydrogen (secondary N) is 1. The van der Waals surface area contributed by atoms with E-state index in [0.29, 0.717) is 18.2 Å². The van der Waals surface area contributed by atoms with Gasteiger partial charge in [0.05, 0.1) is 0 Å². The number of nitrogens with two attached hydrogens (primary N) is 1. The van der Waals surface area contributed by atoms with Crippen LogP contribution >= 0.6 is 0 Å². The standard InChI is InChI=1S/C10H16N4O/c1-6(5-11)10(15)14-9-4-7(2)12-8(3)13-9/h4,6H,5,11H2,1-3H3,(H,12,13,14,15). The van der Waals surface area contributed by atoms with Crippen molar-refractivity contribution in [2.75, 3.05) is 11.9 Å². The fourth-order valence-corrected chi connectivity index (χ4v) is 1.14. The summed E-state index contributed by atoms with van der Waals surface area (Å²) in [4.78, 5) is 19.7. The summed E-state index contributed by atoms with van der Waals surface area (Å²) in [5, 5.41) is 2.70.